The van der Waals surface area contributed by atoms with Crippen molar-refractivity contribution in [2.75, 3.05) is 11.8 Å². The lowest BCUT2D eigenvalue weighted by molar-refractivity contribution is 0.411. The van der Waals surface area contributed by atoms with E-state index in [1.165, 1.54) is 0 Å². The highest BCUT2D eigenvalue weighted by Gasteiger charge is 2.19. The third-order valence-corrected chi connectivity index (χ3v) is 5.34. The zero-order valence-corrected chi connectivity index (χ0v) is 14.5. The van der Waals surface area contributed by atoms with E-state index in [2.05, 4.69) is 4.72 Å². The Kier molecular flexibility index (Phi) is 4.68. The number of hydrogen-bond acceptors (Lipinski definition) is 3. The van der Waals surface area contributed by atoms with Crippen LogP contribution in [0.2, 0.25) is 5.02 Å². The Bertz CT molecular complexity index is 816. The number of rotatable bonds is 4. The summed E-state index contributed by atoms with van der Waals surface area (Å²) < 4.78 is 32.9. The van der Waals surface area contributed by atoms with E-state index in [-0.39, 0.29) is 4.90 Å². The summed E-state index contributed by atoms with van der Waals surface area (Å²) in [6.45, 7) is 5.40. The van der Waals surface area contributed by atoms with Gasteiger partial charge >= 0.3 is 0 Å². The lowest BCUT2D eigenvalue weighted by Gasteiger charge is -2.14. The van der Waals surface area contributed by atoms with Crippen molar-refractivity contribution in [3.8, 4) is 5.75 Å². The Morgan fingerprint density at radius 2 is 1.68 bits per heavy atom. The number of halogens is 1. The van der Waals surface area contributed by atoms with Gasteiger partial charge in [0.05, 0.1) is 17.7 Å². The summed E-state index contributed by atoms with van der Waals surface area (Å²) in [6.07, 6.45) is 0. The number of nitrogens with one attached hydrogen (secondary N) is 1. The Morgan fingerprint density at radius 3 is 2.27 bits per heavy atom. The molecule has 0 amide bonds. The fourth-order valence-corrected chi connectivity index (χ4v) is 3.68. The fourth-order valence-electron chi connectivity index (χ4n) is 2.14. The van der Waals surface area contributed by atoms with Gasteiger partial charge in [-0.15, -0.1) is 0 Å². The van der Waals surface area contributed by atoms with Gasteiger partial charge in [-0.2, -0.15) is 0 Å². The molecule has 0 aliphatic heterocycles. The second-order valence-corrected chi connectivity index (χ2v) is 7.21. The van der Waals surface area contributed by atoms with Gasteiger partial charge in [0.25, 0.3) is 10.0 Å². The number of sulfonamides is 1. The average Bonchev–Trinajstić information content (AvgIpc) is 2.44. The third kappa shape index (κ3) is 3.36. The predicted molar refractivity (Wildman–Crippen MR) is 89.5 cm³/mol. The average molecular weight is 340 g/mol. The van der Waals surface area contributed by atoms with Crippen molar-refractivity contribution in [1.29, 1.82) is 0 Å². The molecular formula is C16H18ClNO3S. The maximum absolute atomic E-state index is 12.6. The first kappa shape index (κ1) is 16.6. The molecule has 6 heteroatoms. The second-order valence-electron chi connectivity index (χ2n) is 5.16. The first-order valence-corrected chi connectivity index (χ1v) is 8.55. The molecule has 2 rings (SSSR count). The van der Waals surface area contributed by atoms with E-state index in [4.69, 9.17) is 16.3 Å². The van der Waals surface area contributed by atoms with Gasteiger partial charge in [0.15, 0.2) is 0 Å². The first-order chi connectivity index (χ1) is 10.2. The van der Waals surface area contributed by atoms with Crippen molar-refractivity contribution in [2.24, 2.45) is 0 Å². The van der Waals surface area contributed by atoms with E-state index >= 15 is 0 Å². The molecule has 0 fully saturated rings. The molecule has 4 nitrogen and oxygen atoms in total. The summed E-state index contributed by atoms with van der Waals surface area (Å²) >= 11 is 6.03. The smallest absolute Gasteiger partial charge is 0.262 e. The van der Waals surface area contributed by atoms with Gasteiger partial charge in [0.1, 0.15) is 5.75 Å². The third-order valence-electron chi connectivity index (χ3n) is 3.41. The summed E-state index contributed by atoms with van der Waals surface area (Å²) in [5.41, 5.74) is 2.70. The molecule has 0 saturated heterocycles. The molecule has 2 aromatic rings. The molecule has 0 aliphatic carbocycles. The standard InChI is InChI=1S/C16H18ClNO3S/c1-10-5-6-13(9-14(10)17)18-22(19,20)16-8-11(2)15(21-4)7-12(16)3/h5-9,18H,1-4H3. The van der Waals surface area contributed by atoms with Gasteiger partial charge in [0, 0.05) is 5.02 Å². The maximum atomic E-state index is 12.6. The predicted octanol–water partition coefficient (Wildman–Crippen LogP) is 4.07. The SMILES string of the molecule is COc1cc(C)c(S(=O)(=O)Nc2ccc(C)c(Cl)c2)cc1C. The van der Waals surface area contributed by atoms with Gasteiger partial charge in [-0.3, -0.25) is 4.72 Å². The van der Waals surface area contributed by atoms with Crippen LogP contribution in [0.3, 0.4) is 0 Å². The Labute approximate surface area is 136 Å². The minimum Gasteiger partial charge on any atom is -0.496 e. The quantitative estimate of drug-likeness (QED) is 0.913. The van der Waals surface area contributed by atoms with Crippen LogP contribution in [0.4, 0.5) is 5.69 Å². The van der Waals surface area contributed by atoms with E-state index in [0.29, 0.717) is 22.0 Å². The molecule has 0 aromatic heterocycles. The summed E-state index contributed by atoms with van der Waals surface area (Å²) in [5, 5.41) is 0.517. The molecule has 0 spiro atoms. The largest absolute Gasteiger partial charge is 0.496 e. The molecular weight excluding hydrogens is 322 g/mol. The molecule has 1 N–H and O–H groups in total. The lowest BCUT2D eigenvalue weighted by atomic mass is 10.1. The van der Waals surface area contributed by atoms with Crippen molar-refractivity contribution < 1.29 is 13.2 Å². The van der Waals surface area contributed by atoms with E-state index in [9.17, 15) is 8.42 Å². The number of benzene rings is 2. The molecule has 0 heterocycles. The minimum atomic E-state index is -3.69. The zero-order chi connectivity index (χ0) is 16.5. The number of methoxy groups -OCH3 is 1. The van der Waals surface area contributed by atoms with E-state index in [1.807, 2.05) is 6.92 Å². The monoisotopic (exact) mass is 339 g/mol. The van der Waals surface area contributed by atoms with Gasteiger partial charge in [-0.25, -0.2) is 8.42 Å². The van der Waals surface area contributed by atoms with E-state index < -0.39 is 10.0 Å². The van der Waals surface area contributed by atoms with Gasteiger partial charge < -0.3 is 4.74 Å². The summed E-state index contributed by atoms with van der Waals surface area (Å²) in [4.78, 5) is 0.225. The summed E-state index contributed by atoms with van der Waals surface area (Å²) in [5.74, 6) is 0.662. The van der Waals surface area contributed by atoms with Crippen LogP contribution in [0.25, 0.3) is 0 Å². The molecule has 0 bridgehead atoms. The van der Waals surface area contributed by atoms with Crippen LogP contribution in [0.5, 0.6) is 5.75 Å². The summed E-state index contributed by atoms with van der Waals surface area (Å²) in [7, 11) is -2.13. The fraction of sp³-hybridized carbons (Fsp3) is 0.250. The Morgan fingerprint density at radius 1 is 1.00 bits per heavy atom. The van der Waals surface area contributed by atoms with Crippen LogP contribution in [-0.4, -0.2) is 15.5 Å². The van der Waals surface area contributed by atoms with Crippen LogP contribution < -0.4 is 9.46 Å². The second kappa shape index (κ2) is 6.18. The van der Waals surface area contributed by atoms with Crippen molar-refractivity contribution in [1.82, 2.24) is 0 Å². The highest BCUT2D eigenvalue weighted by Crippen LogP contribution is 2.28. The van der Waals surface area contributed by atoms with Crippen LogP contribution in [0, 0.1) is 20.8 Å². The van der Waals surface area contributed by atoms with Crippen molar-refractivity contribution in [3.63, 3.8) is 0 Å². The molecule has 22 heavy (non-hydrogen) atoms. The molecule has 118 valence electrons. The Balaban J connectivity index is 2.42. The normalized spacial score (nSPS) is 11.3. The molecule has 0 saturated carbocycles. The molecule has 2 aromatic carbocycles. The van der Waals surface area contributed by atoms with E-state index in [1.54, 1.807) is 51.3 Å². The molecule has 0 unspecified atom stereocenters. The van der Waals surface area contributed by atoms with Crippen LogP contribution >= 0.6 is 11.6 Å². The number of ether oxygens (including phenoxy) is 1. The van der Waals surface area contributed by atoms with Crippen molar-refractivity contribution in [3.05, 3.63) is 52.0 Å². The molecule has 0 aliphatic rings. The van der Waals surface area contributed by atoms with Crippen molar-refractivity contribution in [2.45, 2.75) is 25.7 Å². The highest BCUT2D eigenvalue weighted by atomic mass is 35.5. The van der Waals surface area contributed by atoms with Crippen molar-refractivity contribution >= 4 is 27.3 Å². The van der Waals surface area contributed by atoms with Crippen LogP contribution in [0.15, 0.2) is 35.2 Å². The maximum Gasteiger partial charge on any atom is 0.262 e. The number of hydrogen-bond donors (Lipinski definition) is 1. The molecule has 0 radical (unpaired) electrons. The highest BCUT2D eigenvalue weighted by molar-refractivity contribution is 7.92. The summed E-state index contributed by atoms with van der Waals surface area (Å²) in [6, 6.07) is 8.37. The van der Waals surface area contributed by atoms with Gasteiger partial charge in [-0.1, -0.05) is 17.7 Å². The lowest BCUT2D eigenvalue weighted by Crippen LogP contribution is -2.14. The molecule has 0 atom stereocenters. The topological polar surface area (TPSA) is 55.4 Å². The number of aryl methyl sites for hydroxylation is 3. The van der Waals surface area contributed by atoms with Crippen LogP contribution in [0.1, 0.15) is 16.7 Å². The Hall–Kier alpha value is -1.72. The number of anilines is 1. The minimum absolute atomic E-state index is 0.225. The van der Waals surface area contributed by atoms with Gasteiger partial charge in [-0.05, 0) is 61.7 Å². The zero-order valence-electron chi connectivity index (χ0n) is 12.9. The first-order valence-electron chi connectivity index (χ1n) is 6.69. The van der Waals surface area contributed by atoms with Gasteiger partial charge in [0.2, 0.25) is 0 Å². The van der Waals surface area contributed by atoms with E-state index in [0.717, 1.165) is 11.1 Å². The van der Waals surface area contributed by atoms with Crippen LogP contribution in [-0.2, 0) is 10.0 Å².